The molecular weight excluding hydrogens is 358 g/mol. The lowest BCUT2D eigenvalue weighted by Crippen LogP contribution is -2.06. The Hall–Kier alpha value is -2.22. The number of benzene rings is 1. The van der Waals surface area contributed by atoms with Gasteiger partial charge in [0.15, 0.2) is 17.5 Å². The number of fused-ring (bicyclic) bond motifs is 1. The van der Waals surface area contributed by atoms with Crippen molar-refractivity contribution >= 4 is 18.4 Å². The van der Waals surface area contributed by atoms with Crippen LogP contribution in [-0.4, -0.2) is 24.7 Å². The smallest absolute Gasteiger partial charge is 0.255 e. The molecule has 0 saturated heterocycles. The van der Waals surface area contributed by atoms with Gasteiger partial charge in [0.25, 0.3) is 5.78 Å². The fourth-order valence-corrected chi connectivity index (χ4v) is 3.78. The van der Waals surface area contributed by atoms with Gasteiger partial charge in [0, 0.05) is 17.5 Å². The molecule has 3 aromatic rings. The van der Waals surface area contributed by atoms with E-state index in [1.807, 2.05) is 0 Å². The van der Waals surface area contributed by atoms with E-state index in [1.54, 1.807) is 0 Å². The molecular formula is C18H18F2N4OS. The van der Waals surface area contributed by atoms with E-state index in [9.17, 15) is 13.9 Å². The van der Waals surface area contributed by atoms with Gasteiger partial charge in [0.2, 0.25) is 5.88 Å². The van der Waals surface area contributed by atoms with E-state index in [2.05, 4.69) is 27.7 Å². The summed E-state index contributed by atoms with van der Waals surface area (Å²) in [5.74, 6) is -0.920. The lowest BCUT2D eigenvalue weighted by Gasteiger charge is -2.17. The van der Waals surface area contributed by atoms with Gasteiger partial charge in [-0.1, -0.05) is 31.4 Å². The van der Waals surface area contributed by atoms with E-state index in [4.69, 9.17) is 0 Å². The predicted molar refractivity (Wildman–Crippen MR) is 95.5 cm³/mol. The highest BCUT2D eigenvalue weighted by molar-refractivity contribution is 7.80. The van der Waals surface area contributed by atoms with Crippen molar-refractivity contribution in [3.8, 4) is 5.88 Å². The van der Waals surface area contributed by atoms with Crippen molar-refractivity contribution in [2.24, 2.45) is 0 Å². The van der Waals surface area contributed by atoms with E-state index in [-0.39, 0.29) is 28.8 Å². The van der Waals surface area contributed by atoms with Crippen LogP contribution in [0.3, 0.4) is 0 Å². The first kappa shape index (κ1) is 17.2. The van der Waals surface area contributed by atoms with Crippen molar-refractivity contribution in [3.05, 3.63) is 53.0 Å². The summed E-state index contributed by atoms with van der Waals surface area (Å²) >= 11 is 4.37. The molecule has 1 N–H and O–H groups in total. The third-order valence-electron chi connectivity index (χ3n) is 4.86. The van der Waals surface area contributed by atoms with Crippen LogP contribution in [0.4, 0.5) is 8.78 Å². The van der Waals surface area contributed by atoms with Gasteiger partial charge in [0.05, 0.1) is 10.9 Å². The number of nitrogens with zero attached hydrogens (tertiary/aromatic N) is 4. The minimum Gasteiger partial charge on any atom is -0.493 e. The fraction of sp³-hybridized carbons (Fsp3) is 0.389. The summed E-state index contributed by atoms with van der Waals surface area (Å²) < 4.78 is 28.8. The summed E-state index contributed by atoms with van der Waals surface area (Å²) in [6.45, 7) is 0. The summed E-state index contributed by atoms with van der Waals surface area (Å²) in [5, 5.41) is 13.8. The average Bonchev–Trinajstić information content (AvgIpc) is 3.09. The molecule has 1 aromatic carbocycles. The Morgan fingerprint density at radius 3 is 2.69 bits per heavy atom. The van der Waals surface area contributed by atoms with Crippen molar-refractivity contribution < 1.29 is 13.9 Å². The Balaban J connectivity index is 1.73. The second-order valence-corrected chi connectivity index (χ2v) is 7.12. The van der Waals surface area contributed by atoms with Gasteiger partial charge in [-0.05, 0) is 18.9 Å². The third-order valence-corrected chi connectivity index (χ3v) is 5.40. The van der Waals surface area contributed by atoms with Crippen molar-refractivity contribution in [3.63, 3.8) is 0 Å². The third kappa shape index (κ3) is 3.02. The molecule has 1 saturated carbocycles. The van der Waals surface area contributed by atoms with Crippen molar-refractivity contribution in [1.29, 1.82) is 0 Å². The van der Waals surface area contributed by atoms with E-state index in [0.29, 0.717) is 5.82 Å². The molecule has 2 aromatic heterocycles. The van der Waals surface area contributed by atoms with Gasteiger partial charge in [-0.25, -0.2) is 13.8 Å². The minimum atomic E-state index is -0.974. The second-order valence-electron chi connectivity index (χ2n) is 6.60. The molecule has 0 spiro atoms. The molecule has 1 atom stereocenters. The van der Waals surface area contributed by atoms with Gasteiger partial charge in [-0.15, -0.1) is 5.10 Å². The zero-order valence-corrected chi connectivity index (χ0v) is 14.8. The quantitative estimate of drug-likeness (QED) is 0.674. The van der Waals surface area contributed by atoms with Crippen LogP contribution in [0.2, 0.25) is 0 Å². The summed E-state index contributed by atoms with van der Waals surface area (Å²) in [5.41, 5.74) is 0.335. The number of halogens is 2. The molecule has 26 heavy (non-hydrogen) atoms. The molecule has 5 nitrogen and oxygen atoms in total. The standard InChI is InChI=1S/C18H18F2N4OS/c19-12-8-4-7-11(15(12)20)16(26)13-9-14(25)24-18(21-13)22-17(23-24)10-5-2-1-3-6-10/h4,7-10,16,25-26H,1-3,5-6H2. The van der Waals surface area contributed by atoms with Crippen LogP contribution >= 0.6 is 12.6 Å². The predicted octanol–water partition coefficient (Wildman–Crippen LogP) is 4.18. The van der Waals surface area contributed by atoms with Crippen molar-refractivity contribution in [2.75, 3.05) is 0 Å². The first-order chi connectivity index (χ1) is 12.5. The van der Waals surface area contributed by atoms with Crippen molar-refractivity contribution in [2.45, 2.75) is 43.3 Å². The van der Waals surface area contributed by atoms with E-state index < -0.39 is 16.9 Å². The van der Waals surface area contributed by atoms with E-state index >= 15 is 0 Å². The van der Waals surface area contributed by atoms with Crippen LogP contribution in [0.1, 0.15) is 60.4 Å². The molecule has 1 fully saturated rings. The molecule has 4 rings (SSSR count). The summed E-state index contributed by atoms with van der Waals surface area (Å²) in [6.07, 6.45) is 5.55. The Kier molecular flexibility index (Phi) is 4.52. The van der Waals surface area contributed by atoms with Gasteiger partial charge in [-0.2, -0.15) is 22.1 Å². The first-order valence-corrected chi connectivity index (χ1v) is 9.15. The highest BCUT2D eigenvalue weighted by atomic mass is 32.1. The molecule has 0 aliphatic heterocycles. The van der Waals surface area contributed by atoms with Crippen LogP contribution < -0.4 is 0 Å². The van der Waals surface area contributed by atoms with Gasteiger partial charge in [0.1, 0.15) is 0 Å². The summed E-state index contributed by atoms with van der Waals surface area (Å²) in [6, 6.07) is 5.25. The first-order valence-electron chi connectivity index (χ1n) is 8.63. The van der Waals surface area contributed by atoms with Crippen LogP contribution in [0.5, 0.6) is 5.88 Å². The maximum Gasteiger partial charge on any atom is 0.255 e. The largest absolute Gasteiger partial charge is 0.493 e. The van der Waals surface area contributed by atoms with Crippen LogP contribution in [-0.2, 0) is 0 Å². The molecule has 1 unspecified atom stereocenters. The zero-order chi connectivity index (χ0) is 18.3. The van der Waals surface area contributed by atoms with Crippen LogP contribution in [0, 0.1) is 11.6 Å². The fourth-order valence-electron chi connectivity index (χ4n) is 3.45. The second kappa shape index (κ2) is 6.83. The van der Waals surface area contributed by atoms with E-state index in [0.717, 1.165) is 31.7 Å². The molecule has 0 radical (unpaired) electrons. The SMILES string of the molecule is Oc1cc(C(S)c2cccc(F)c2F)nc2nc(C3CCCCC3)nn12. The zero-order valence-electron chi connectivity index (χ0n) is 13.9. The number of hydrogen-bond donors (Lipinski definition) is 2. The molecule has 1 aliphatic carbocycles. The maximum absolute atomic E-state index is 14.1. The molecule has 0 amide bonds. The molecule has 8 heteroatoms. The number of hydrogen-bond acceptors (Lipinski definition) is 5. The van der Waals surface area contributed by atoms with Gasteiger partial charge >= 0.3 is 0 Å². The summed E-state index contributed by atoms with van der Waals surface area (Å²) in [4.78, 5) is 8.82. The Labute approximate surface area is 154 Å². The lowest BCUT2D eigenvalue weighted by molar-refractivity contribution is 0.418. The maximum atomic E-state index is 14.1. The van der Waals surface area contributed by atoms with Gasteiger partial charge in [-0.3, -0.25) is 0 Å². The molecule has 0 bridgehead atoms. The number of rotatable bonds is 3. The highest BCUT2D eigenvalue weighted by Crippen LogP contribution is 2.33. The average molecular weight is 376 g/mol. The highest BCUT2D eigenvalue weighted by Gasteiger charge is 2.23. The molecule has 2 heterocycles. The van der Waals surface area contributed by atoms with E-state index in [1.165, 1.54) is 29.1 Å². The molecule has 136 valence electrons. The number of aromatic hydroxyl groups is 1. The topological polar surface area (TPSA) is 63.3 Å². The van der Waals surface area contributed by atoms with Crippen LogP contribution in [0.25, 0.3) is 5.78 Å². The molecule has 1 aliphatic rings. The monoisotopic (exact) mass is 376 g/mol. The Morgan fingerprint density at radius 2 is 1.92 bits per heavy atom. The summed E-state index contributed by atoms with van der Waals surface area (Å²) in [7, 11) is 0. The normalized spacial score (nSPS) is 16.9. The Bertz CT molecular complexity index is 956. The van der Waals surface area contributed by atoms with Crippen LogP contribution in [0.15, 0.2) is 24.3 Å². The number of aromatic nitrogens is 4. The van der Waals surface area contributed by atoms with Crippen molar-refractivity contribution in [1.82, 2.24) is 19.6 Å². The van der Waals surface area contributed by atoms with Gasteiger partial charge < -0.3 is 5.11 Å². The Morgan fingerprint density at radius 1 is 1.15 bits per heavy atom. The lowest BCUT2D eigenvalue weighted by atomic mass is 9.89. The number of thiol groups is 1. The minimum absolute atomic E-state index is 0.0524.